The highest BCUT2D eigenvalue weighted by atomic mass is 15.1. The Bertz CT molecular complexity index is 2380. The smallest absolute Gasteiger partial charge is 0.0999 e. The van der Waals surface area contributed by atoms with E-state index in [9.17, 15) is 5.26 Å². The van der Waals surface area contributed by atoms with Crippen molar-refractivity contribution >= 4 is 43.6 Å². The monoisotopic (exact) mass is 538 g/mol. The highest BCUT2D eigenvalue weighted by Gasteiger charge is 2.22. The van der Waals surface area contributed by atoms with E-state index in [4.69, 9.17) is 0 Å². The maximum Gasteiger partial charge on any atom is 0.0999 e. The van der Waals surface area contributed by atoms with Gasteiger partial charge in [-0.2, -0.15) is 5.26 Å². The lowest BCUT2D eigenvalue weighted by Gasteiger charge is -2.19. The average Bonchev–Trinajstić information content (AvgIpc) is 3.53. The van der Waals surface area contributed by atoms with Gasteiger partial charge >= 0.3 is 0 Å². The minimum absolute atomic E-state index is 0.608. The zero-order valence-corrected chi connectivity index (χ0v) is 23.3. The Kier molecular flexibility index (Phi) is 5.29. The lowest BCUT2D eigenvalue weighted by molar-refractivity contribution is 1.09. The fourth-order valence-corrected chi connectivity index (χ4v) is 6.48. The fourth-order valence-electron chi connectivity index (χ4n) is 6.48. The zero-order chi connectivity index (χ0) is 28.4. The zero-order valence-electron chi connectivity index (χ0n) is 23.3. The second kappa shape index (κ2) is 9.19. The largest absolute Gasteiger partial charge is 0.307 e. The van der Waals surface area contributed by atoms with Gasteiger partial charge in [0.05, 0.1) is 45.1 Å². The number of aryl methyl sites for hydroxylation is 2. The van der Waals surface area contributed by atoms with Crippen LogP contribution in [0.1, 0.15) is 16.7 Å². The SMILES string of the molecule is Cc1ccc2c(c1)c1ccccc1n2-c1cc(C#N)c(-c2cccnc2)cc1-n1c2ccccc2c2cc(C)ccc21. The molecule has 0 bridgehead atoms. The molecule has 42 heavy (non-hydrogen) atoms. The van der Waals surface area contributed by atoms with E-state index in [1.165, 1.54) is 32.7 Å². The number of nitrogens with zero attached hydrogens (tertiary/aromatic N) is 4. The molecule has 0 spiro atoms. The summed E-state index contributed by atoms with van der Waals surface area (Å²) in [7, 11) is 0. The highest BCUT2D eigenvalue weighted by Crippen LogP contribution is 2.41. The van der Waals surface area contributed by atoms with Gasteiger partial charge in [-0.25, -0.2) is 0 Å². The van der Waals surface area contributed by atoms with Crippen molar-refractivity contribution in [3.8, 4) is 28.6 Å². The van der Waals surface area contributed by atoms with Gasteiger partial charge in [-0.15, -0.1) is 0 Å². The number of hydrogen-bond acceptors (Lipinski definition) is 2. The van der Waals surface area contributed by atoms with Gasteiger partial charge in [0.1, 0.15) is 0 Å². The van der Waals surface area contributed by atoms with Crippen LogP contribution < -0.4 is 0 Å². The van der Waals surface area contributed by atoms with Crippen molar-refractivity contribution in [1.82, 2.24) is 14.1 Å². The second-order valence-corrected chi connectivity index (χ2v) is 11.0. The maximum atomic E-state index is 10.5. The molecule has 3 heterocycles. The molecule has 4 heteroatoms. The summed E-state index contributed by atoms with van der Waals surface area (Å²) in [5, 5.41) is 15.3. The standard InChI is InChI=1S/C38H26N4/c1-24-13-15-35-31(18-24)28-9-3-5-11-33(28)41(35)37-20-27(22-39)30(26-8-7-17-40-23-26)21-38(37)42-34-12-6-4-10-29(34)32-19-25(2)14-16-36(32)42/h3-21,23H,1-2H3. The molecule has 0 N–H and O–H groups in total. The molecule has 198 valence electrons. The van der Waals surface area contributed by atoms with E-state index in [1.807, 2.05) is 18.3 Å². The Balaban J connectivity index is 1.59. The second-order valence-electron chi connectivity index (χ2n) is 11.0. The molecule has 0 saturated heterocycles. The Labute approximate surface area is 243 Å². The molecule has 0 amide bonds. The van der Waals surface area contributed by atoms with Crippen LogP contribution in [-0.4, -0.2) is 14.1 Å². The number of nitriles is 1. The van der Waals surface area contributed by atoms with Gasteiger partial charge in [-0.05, 0) is 68.4 Å². The van der Waals surface area contributed by atoms with Crippen molar-refractivity contribution in [1.29, 1.82) is 5.26 Å². The number of rotatable bonds is 3. The van der Waals surface area contributed by atoms with Gasteiger partial charge in [-0.1, -0.05) is 65.7 Å². The van der Waals surface area contributed by atoms with Crippen molar-refractivity contribution in [3.63, 3.8) is 0 Å². The van der Waals surface area contributed by atoms with Crippen molar-refractivity contribution in [2.75, 3.05) is 0 Å². The van der Waals surface area contributed by atoms with Crippen molar-refractivity contribution in [3.05, 3.63) is 138 Å². The predicted molar refractivity (Wildman–Crippen MR) is 173 cm³/mol. The Morgan fingerprint density at radius 1 is 0.571 bits per heavy atom. The quantitative estimate of drug-likeness (QED) is 0.225. The van der Waals surface area contributed by atoms with E-state index in [0.29, 0.717) is 5.56 Å². The first-order valence-electron chi connectivity index (χ1n) is 14.1. The van der Waals surface area contributed by atoms with Crippen LogP contribution in [0.2, 0.25) is 0 Å². The summed E-state index contributed by atoms with van der Waals surface area (Å²) in [4.78, 5) is 4.38. The third-order valence-electron chi connectivity index (χ3n) is 8.35. The first kappa shape index (κ1) is 24.2. The van der Waals surface area contributed by atoms with Crippen LogP contribution in [0.15, 0.2) is 122 Å². The summed E-state index contributed by atoms with van der Waals surface area (Å²) in [5.74, 6) is 0. The van der Waals surface area contributed by atoms with Crippen LogP contribution in [0.4, 0.5) is 0 Å². The van der Waals surface area contributed by atoms with Crippen LogP contribution >= 0.6 is 0 Å². The van der Waals surface area contributed by atoms with Gasteiger partial charge in [0.2, 0.25) is 0 Å². The predicted octanol–water partition coefficient (Wildman–Crippen LogP) is 9.43. The number of benzene rings is 5. The van der Waals surface area contributed by atoms with E-state index >= 15 is 0 Å². The molecule has 8 aromatic rings. The van der Waals surface area contributed by atoms with Crippen LogP contribution in [0.5, 0.6) is 0 Å². The van der Waals surface area contributed by atoms with Gasteiger partial charge in [0.25, 0.3) is 0 Å². The van der Waals surface area contributed by atoms with Crippen molar-refractivity contribution in [2.24, 2.45) is 0 Å². The van der Waals surface area contributed by atoms with Crippen molar-refractivity contribution in [2.45, 2.75) is 13.8 Å². The van der Waals surface area contributed by atoms with Crippen LogP contribution in [0.3, 0.4) is 0 Å². The Hall–Kier alpha value is -5.66. The molecule has 3 aromatic heterocycles. The molecule has 4 nitrogen and oxygen atoms in total. The molecule has 0 atom stereocenters. The number of aromatic nitrogens is 3. The fraction of sp³-hybridized carbons (Fsp3) is 0.0526. The molecule has 0 aliphatic heterocycles. The molecule has 0 radical (unpaired) electrons. The number of pyridine rings is 1. The molecule has 0 unspecified atom stereocenters. The average molecular weight is 539 g/mol. The van der Waals surface area contributed by atoms with Crippen molar-refractivity contribution < 1.29 is 0 Å². The summed E-state index contributed by atoms with van der Waals surface area (Å²) in [6.45, 7) is 4.27. The van der Waals surface area contributed by atoms with E-state index in [2.05, 4.69) is 131 Å². The normalized spacial score (nSPS) is 11.5. The molecule has 0 fully saturated rings. The van der Waals surface area contributed by atoms with E-state index < -0.39 is 0 Å². The summed E-state index contributed by atoms with van der Waals surface area (Å²) in [6, 6.07) is 41.1. The first-order valence-corrected chi connectivity index (χ1v) is 14.1. The first-order chi connectivity index (χ1) is 20.6. The van der Waals surface area contributed by atoms with Gasteiger partial charge < -0.3 is 9.13 Å². The Morgan fingerprint density at radius 3 is 1.67 bits per heavy atom. The third kappa shape index (κ3) is 3.51. The lowest BCUT2D eigenvalue weighted by atomic mass is 9.99. The molecule has 0 aliphatic rings. The topological polar surface area (TPSA) is 46.5 Å². The molecule has 8 rings (SSSR count). The number of para-hydroxylation sites is 2. The summed E-state index contributed by atoms with van der Waals surface area (Å²) in [5.41, 5.74) is 11.2. The molecule has 5 aromatic carbocycles. The van der Waals surface area contributed by atoms with E-state index in [-0.39, 0.29) is 0 Å². The van der Waals surface area contributed by atoms with Crippen LogP contribution in [0.25, 0.3) is 66.1 Å². The summed E-state index contributed by atoms with van der Waals surface area (Å²) in [6.07, 6.45) is 3.60. The maximum absolute atomic E-state index is 10.5. The molecule has 0 aliphatic carbocycles. The Morgan fingerprint density at radius 2 is 1.12 bits per heavy atom. The molecular weight excluding hydrogens is 512 g/mol. The third-order valence-corrected chi connectivity index (χ3v) is 8.35. The number of fused-ring (bicyclic) bond motifs is 6. The summed E-state index contributed by atoms with van der Waals surface area (Å²) >= 11 is 0. The van der Waals surface area contributed by atoms with Gasteiger partial charge in [0.15, 0.2) is 0 Å². The van der Waals surface area contributed by atoms with E-state index in [0.717, 1.165) is 44.6 Å². The lowest BCUT2D eigenvalue weighted by Crippen LogP contribution is -2.05. The molecular formula is C38H26N4. The highest BCUT2D eigenvalue weighted by molar-refractivity contribution is 6.12. The summed E-state index contributed by atoms with van der Waals surface area (Å²) < 4.78 is 4.68. The minimum Gasteiger partial charge on any atom is -0.307 e. The van der Waals surface area contributed by atoms with Gasteiger partial charge in [0, 0.05) is 45.1 Å². The molecule has 0 saturated carbocycles. The van der Waals surface area contributed by atoms with E-state index in [1.54, 1.807) is 6.20 Å². The number of hydrogen-bond donors (Lipinski definition) is 0. The van der Waals surface area contributed by atoms with Crippen LogP contribution in [-0.2, 0) is 0 Å². The minimum atomic E-state index is 0.608. The van der Waals surface area contributed by atoms with Crippen LogP contribution in [0, 0.1) is 25.2 Å². The van der Waals surface area contributed by atoms with Gasteiger partial charge in [-0.3, -0.25) is 4.98 Å².